The first-order valence-corrected chi connectivity index (χ1v) is 7.75. The van der Waals surface area contributed by atoms with Gasteiger partial charge in [0.1, 0.15) is 0 Å². The standard InChI is InChI=1S/C17H22N4O/c1-13-10-19-21(11-13)16-7-5-14(6-8-16)17(22)20-9-3-4-15(12-20)18-2/h5-8,10-11,15,18H,3-4,9,12H2,1-2H3/t15-/m0/s1. The summed E-state index contributed by atoms with van der Waals surface area (Å²) in [6.07, 6.45) is 5.99. The molecule has 0 spiro atoms. The van der Waals surface area contributed by atoms with E-state index >= 15 is 0 Å². The van der Waals surface area contributed by atoms with Crippen LogP contribution in [0.2, 0.25) is 0 Å². The number of benzene rings is 1. The monoisotopic (exact) mass is 298 g/mol. The van der Waals surface area contributed by atoms with E-state index in [0.29, 0.717) is 6.04 Å². The maximum Gasteiger partial charge on any atom is 0.253 e. The molecule has 0 unspecified atom stereocenters. The maximum atomic E-state index is 12.6. The second-order valence-electron chi connectivity index (χ2n) is 5.89. The average molecular weight is 298 g/mol. The van der Waals surface area contributed by atoms with E-state index in [2.05, 4.69) is 10.4 Å². The Morgan fingerprint density at radius 3 is 2.73 bits per heavy atom. The lowest BCUT2D eigenvalue weighted by atomic mass is 10.0. The fraction of sp³-hybridized carbons (Fsp3) is 0.412. The second-order valence-corrected chi connectivity index (χ2v) is 5.89. The number of hydrogen-bond acceptors (Lipinski definition) is 3. The highest BCUT2D eigenvalue weighted by Gasteiger charge is 2.23. The van der Waals surface area contributed by atoms with Gasteiger partial charge in [-0.15, -0.1) is 0 Å². The van der Waals surface area contributed by atoms with Crippen LogP contribution in [0.25, 0.3) is 5.69 Å². The fourth-order valence-electron chi connectivity index (χ4n) is 2.89. The van der Waals surface area contributed by atoms with Crippen LogP contribution in [0.4, 0.5) is 0 Å². The molecular formula is C17H22N4O. The maximum absolute atomic E-state index is 12.6. The zero-order valence-corrected chi connectivity index (χ0v) is 13.1. The summed E-state index contributed by atoms with van der Waals surface area (Å²) in [7, 11) is 1.96. The van der Waals surface area contributed by atoms with E-state index < -0.39 is 0 Å². The van der Waals surface area contributed by atoms with Crippen molar-refractivity contribution in [3.63, 3.8) is 0 Å². The molecule has 0 saturated carbocycles. The van der Waals surface area contributed by atoms with Gasteiger partial charge in [-0.25, -0.2) is 4.68 Å². The molecule has 1 atom stereocenters. The van der Waals surface area contributed by atoms with Crippen molar-refractivity contribution in [2.45, 2.75) is 25.8 Å². The number of carbonyl (C=O) groups excluding carboxylic acids is 1. The third-order valence-electron chi connectivity index (χ3n) is 4.21. The Bertz CT molecular complexity index is 647. The lowest BCUT2D eigenvalue weighted by Gasteiger charge is -2.32. The molecule has 116 valence electrons. The molecule has 1 saturated heterocycles. The van der Waals surface area contributed by atoms with Crippen molar-refractivity contribution in [3.8, 4) is 5.69 Å². The zero-order chi connectivity index (χ0) is 15.5. The van der Waals surface area contributed by atoms with Gasteiger partial charge in [0, 0.05) is 30.9 Å². The number of rotatable bonds is 3. The number of nitrogens with one attached hydrogen (secondary N) is 1. The van der Waals surface area contributed by atoms with Crippen molar-refractivity contribution in [3.05, 3.63) is 47.8 Å². The van der Waals surface area contributed by atoms with Gasteiger partial charge in [-0.2, -0.15) is 5.10 Å². The molecule has 0 bridgehead atoms. The predicted octanol–water partition coefficient (Wildman–Crippen LogP) is 2.00. The number of likely N-dealkylation sites (N-methyl/N-ethyl adjacent to an activating group) is 1. The van der Waals surface area contributed by atoms with Gasteiger partial charge < -0.3 is 10.2 Å². The SMILES string of the molecule is CN[C@H]1CCCN(C(=O)c2ccc(-n3cc(C)cn3)cc2)C1. The number of hydrogen-bond donors (Lipinski definition) is 1. The van der Waals surface area contributed by atoms with Gasteiger partial charge in [-0.05, 0) is 56.6 Å². The van der Waals surface area contributed by atoms with E-state index in [9.17, 15) is 4.79 Å². The number of nitrogens with zero attached hydrogens (tertiary/aromatic N) is 3. The van der Waals surface area contributed by atoms with Crippen molar-refractivity contribution in [2.75, 3.05) is 20.1 Å². The fourth-order valence-corrected chi connectivity index (χ4v) is 2.89. The molecule has 22 heavy (non-hydrogen) atoms. The molecule has 1 aromatic heterocycles. The quantitative estimate of drug-likeness (QED) is 0.943. The first-order valence-electron chi connectivity index (χ1n) is 7.75. The average Bonchev–Trinajstić information content (AvgIpc) is 3.01. The molecule has 1 N–H and O–H groups in total. The number of piperidine rings is 1. The van der Waals surface area contributed by atoms with Crippen LogP contribution < -0.4 is 5.32 Å². The Balaban J connectivity index is 1.73. The molecule has 5 nitrogen and oxygen atoms in total. The van der Waals surface area contributed by atoms with E-state index in [-0.39, 0.29) is 5.91 Å². The zero-order valence-electron chi connectivity index (χ0n) is 13.1. The third-order valence-corrected chi connectivity index (χ3v) is 4.21. The van der Waals surface area contributed by atoms with Crippen LogP contribution in [0.3, 0.4) is 0 Å². The van der Waals surface area contributed by atoms with Crippen LogP contribution in [-0.2, 0) is 0 Å². The van der Waals surface area contributed by atoms with Crippen LogP contribution in [0, 0.1) is 6.92 Å². The number of carbonyl (C=O) groups is 1. The summed E-state index contributed by atoms with van der Waals surface area (Å²) < 4.78 is 1.82. The smallest absolute Gasteiger partial charge is 0.253 e. The summed E-state index contributed by atoms with van der Waals surface area (Å²) in [5.41, 5.74) is 2.83. The molecular weight excluding hydrogens is 276 g/mol. The number of aryl methyl sites for hydroxylation is 1. The molecule has 1 aliphatic heterocycles. The minimum atomic E-state index is 0.114. The molecule has 1 amide bonds. The number of amides is 1. The molecule has 1 aliphatic rings. The summed E-state index contributed by atoms with van der Waals surface area (Å²) in [4.78, 5) is 14.5. The van der Waals surface area contributed by atoms with Crippen molar-refractivity contribution >= 4 is 5.91 Å². The highest BCUT2D eigenvalue weighted by molar-refractivity contribution is 5.94. The van der Waals surface area contributed by atoms with Crippen LogP contribution >= 0.6 is 0 Å². The van der Waals surface area contributed by atoms with Crippen LogP contribution in [0.1, 0.15) is 28.8 Å². The van der Waals surface area contributed by atoms with Gasteiger partial charge in [0.25, 0.3) is 5.91 Å². The highest BCUT2D eigenvalue weighted by atomic mass is 16.2. The Kier molecular flexibility index (Phi) is 4.24. The van der Waals surface area contributed by atoms with Gasteiger partial charge in [0.15, 0.2) is 0 Å². The van der Waals surface area contributed by atoms with Crippen LogP contribution in [0.15, 0.2) is 36.7 Å². The van der Waals surface area contributed by atoms with E-state index in [1.807, 2.05) is 60.2 Å². The largest absolute Gasteiger partial charge is 0.337 e. The van der Waals surface area contributed by atoms with Crippen molar-refractivity contribution < 1.29 is 4.79 Å². The lowest BCUT2D eigenvalue weighted by molar-refractivity contribution is 0.0698. The van der Waals surface area contributed by atoms with E-state index in [0.717, 1.165) is 42.7 Å². The number of likely N-dealkylation sites (tertiary alicyclic amines) is 1. The van der Waals surface area contributed by atoms with Gasteiger partial charge in [0.05, 0.1) is 11.9 Å². The van der Waals surface area contributed by atoms with Gasteiger partial charge in [-0.1, -0.05) is 0 Å². The molecule has 3 rings (SSSR count). The minimum absolute atomic E-state index is 0.114. The van der Waals surface area contributed by atoms with Gasteiger partial charge in [-0.3, -0.25) is 4.79 Å². The van der Waals surface area contributed by atoms with Crippen molar-refractivity contribution in [1.82, 2.24) is 20.0 Å². The molecule has 2 aromatic rings. The minimum Gasteiger partial charge on any atom is -0.337 e. The van der Waals surface area contributed by atoms with Gasteiger partial charge >= 0.3 is 0 Å². The Morgan fingerprint density at radius 1 is 1.32 bits per heavy atom. The van der Waals surface area contributed by atoms with Crippen LogP contribution in [0.5, 0.6) is 0 Å². The predicted molar refractivity (Wildman–Crippen MR) is 86.3 cm³/mol. The Morgan fingerprint density at radius 2 is 2.09 bits per heavy atom. The first kappa shape index (κ1) is 14.8. The molecule has 2 heterocycles. The van der Waals surface area contributed by atoms with E-state index in [1.54, 1.807) is 0 Å². The first-order chi connectivity index (χ1) is 10.7. The molecule has 0 radical (unpaired) electrons. The van der Waals surface area contributed by atoms with Crippen molar-refractivity contribution in [1.29, 1.82) is 0 Å². The summed E-state index contributed by atoms with van der Waals surface area (Å²) in [6.45, 7) is 3.64. The normalized spacial score (nSPS) is 18.5. The topological polar surface area (TPSA) is 50.2 Å². The van der Waals surface area contributed by atoms with E-state index in [1.165, 1.54) is 0 Å². The summed E-state index contributed by atoms with van der Waals surface area (Å²) >= 11 is 0. The highest BCUT2D eigenvalue weighted by Crippen LogP contribution is 2.15. The summed E-state index contributed by atoms with van der Waals surface area (Å²) in [5.74, 6) is 0.114. The van der Waals surface area contributed by atoms with Crippen molar-refractivity contribution in [2.24, 2.45) is 0 Å². The lowest BCUT2D eigenvalue weighted by Crippen LogP contribution is -2.46. The summed E-state index contributed by atoms with van der Waals surface area (Å²) in [6, 6.07) is 8.07. The summed E-state index contributed by atoms with van der Waals surface area (Å²) in [5, 5.41) is 7.55. The Labute approximate surface area is 130 Å². The molecule has 1 aromatic carbocycles. The molecule has 5 heteroatoms. The third kappa shape index (κ3) is 3.04. The Hall–Kier alpha value is -2.14. The number of aromatic nitrogens is 2. The molecule has 0 aliphatic carbocycles. The second kappa shape index (κ2) is 6.32. The van der Waals surface area contributed by atoms with Crippen LogP contribution in [-0.4, -0.2) is 46.8 Å². The molecule has 1 fully saturated rings. The van der Waals surface area contributed by atoms with E-state index in [4.69, 9.17) is 0 Å². The van der Waals surface area contributed by atoms with Gasteiger partial charge in [0.2, 0.25) is 0 Å².